The second kappa shape index (κ2) is 6.04. The number of anilines is 1. The third-order valence-corrected chi connectivity index (χ3v) is 2.84. The molecule has 0 radical (unpaired) electrons. The Morgan fingerprint density at radius 1 is 1.42 bits per heavy atom. The number of hydrogen-bond acceptors (Lipinski definition) is 3. The van der Waals surface area contributed by atoms with Gasteiger partial charge in [0, 0.05) is 18.8 Å². The highest BCUT2D eigenvalue weighted by Gasteiger charge is 2.12. The Labute approximate surface area is 112 Å². The molecule has 1 atom stereocenters. The predicted molar refractivity (Wildman–Crippen MR) is 73.2 cm³/mol. The number of nitrogens with zero attached hydrogens (tertiary/aromatic N) is 2. The molecule has 0 fully saturated rings. The largest absolute Gasteiger partial charge is 0.495 e. The van der Waals surface area contributed by atoms with Crippen LogP contribution in [-0.4, -0.2) is 22.8 Å². The maximum absolute atomic E-state index is 12.0. The van der Waals surface area contributed by atoms with Gasteiger partial charge in [0.15, 0.2) is 0 Å². The van der Waals surface area contributed by atoms with Crippen LogP contribution in [0.5, 0.6) is 5.75 Å². The van der Waals surface area contributed by atoms with Crippen molar-refractivity contribution < 1.29 is 9.53 Å². The van der Waals surface area contributed by atoms with Crippen molar-refractivity contribution in [1.82, 2.24) is 9.78 Å². The van der Waals surface area contributed by atoms with Crippen molar-refractivity contribution in [1.29, 1.82) is 0 Å². The fraction of sp³-hybridized carbons (Fsp3) is 0.286. The number of benzene rings is 1. The van der Waals surface area contributed by atoms with Crippen LogP contribution in [0.1, 0.15) is 19.4 Å². The number of carbonyl (C=O) groups is 1. The molecule has 100 valence electrons. The van der Waals surface area contributed by atoms with E-state index in [1.54, 1.807) is 18.0 Å². The van der Waals surface area contributed by atoms with Crippen LogP contribution in [0.3, 0.4) is 0 Å². The fourth-order valence-corrected chi connectivity index (χ4v) is 1.85. The van der Waals surface area contributed by atoms with Crippen molar-refractivity contribution >= 4 is 11.6 Å². The lowest BCUT2D eigenvalue weighted by Crippen LogP contribution is -2.18. The normalized spacial score (nSPS) is 11.9. The number of carbonyl (C=O) groups excluding carboxylic acids is 1. The highest BCUT2D eigenvalue weighted by atomic mass is 16.5. The van der Waals surface area contributed by atoms with E-state index < -0.39 is 0 Å². The molecule has 0 bridgehead atoms. The summed E-state index contributed by atoms with van der Waals surface area (Å²) in [5.74, 6) is 0.593. The van der Waals surface area contributed by atoms with Crippen molar-refractivity contribution in [3.8, 4) is 5.75 Å². The molecule has 0 aliphatic carbocycles. The zero-order valence-electron chi connectivity index (χ0n) is 11.0. The fourth-order valence-electron chi connectivity index (χ4n) is 1.85. The number of nitrogens with one attached hydrogen (secondary N) is 1. The van der Waals surface area contributed by atoms with Gasteiger partial charge >= 0.3 is 0 Å². The molecule has 2 rings (SSSR count). The quantitative estimate of drug-likeness (QED) is 0.897. The summed E-state index contributed by atoms with van der Waals surface area (Å²) in [7, 11) is 1.58. The van der Waals surface area contributed by atoms with E-state index in [4.69, 9.17) is 4.74 Å². The molecule has 0 unspecified atom stereocenters. The Hall–Kier alpha value is -2.30. The first-order valence-corrected chi connectivity index (χ1v) is 6.12. The first-order chi connectivity index (χ1) is 9.20. The highest BCUT2D eigenvalue weighted by molar-refractivity contribution is 5.92. The first-order valence-electron chi connectivity index (χ1n) is 6.12. The monoisotopic (exact) mass is 259 g/mol. The van der Waals surface area contributed by atoms with Gasteiger partial charge in [0.25, 0.3) is 0 Å². The van der Waals surface area contributed by atoms with Gasteiger partial charge in [-0.05, 0) is 25.1 Å². The summed E-state index contributed by atoms with van der Waals surface area (Å²) in [5, 5.41) is 6.97. The van der Waals surface area contributed by atoms with E-state index in [2.05, 4.69) is 10.4 Å². The molecule has 0 saturated heterocycles. The molecule has 5 heteroatoms. The lowest BCUT2D eigenvalue weighted by atomic mass is 10.2. The van der Waals surface area contributed by atoms with Gasteiger partial charge in [0.2, 0.25) is 5.91 Å². The smallest absolute Gasteiger partial charge is 0.226 e. The van der Waals surface area contributed by atoms with Gasteiger partial charge in [-0.3, -0.25) is 9.48 Å². The molecule has 19 heavy (non-hydrogen) atoms. The second-order valence-corrected chi connectivity index (χ2v) is 4.29. The number of aromatic nitrogens is 2. The molecule has 1 N–H and O–H groups in total. The number of para-hydroxylation sites is 2. The van der Waals surface area contributed by atoms with E-state index in [-0.39, 0.29) is 11.9 Å². The Kier molecular flexibility index (Phi) is 4.18. The number of rotatable bonds is 5. The predicted octanol–water partition coefficient (Wildman–Crippen LogP) is 2.48. The number of hydrogen-bond donors (Lipinski definition) is 1. The van der Waals surface area contributed by atoms with Crippen molar-refractivity contribution in [2.24, 2.45) is 0 Å². The summed E-state index contributed by atoms with van der Waals surface area (Å²) in [6.45, 7) is 1.95. The van der Waals surface area contributed by atoms with Gasteiger partial charge < -0.3 is 10.1 Å². The van der Waals surface area contributed by atoms with Crippen LogP contribution in [-0.2, 0) is 4.79 Å². The van der Waals surface area contributed by atoms with Gasteiger partial charge in [0.05, 0.1) is 18.8 Å². The highest BCUT2D eigenvalue weighted by Crippen LogP contribution is 2.23. The molecule has 1 aromatic heterocycles. The summed E-state index contributed by atoms with van der Waals surface area (Å²) >= 11 is 0. The van der Waals surface area contributed by atoms with Crippen LogP contribution in [0.4, 0.5) is 5.69 Å². The van der Waals surface area contributed by atoms with Gasteiger partial charge in [-0.15, -0.1) is 0 Å². The lowest BCUT2D eigenvalue weighted by molar-refractivity contribution is -0.116. The van der Waals surface area contributed by atoms with E-state index in [9.17, 15) is 4.79 Å². The minimum absolute atomic E-state index is 0.0182. The average Bonchev–Trinajstić information content (AvgIpc) is 2.93. The molecule has 1 amide bonds. The molecule has 0 aliphatic rings. The minimum atomic E-state index is -0.0625. The Morgan fingerprint density at radius 2 is 2.21 bits per heavy atom. The SMILES string of the molecule is COc1ccccc1NC(=O)C[C@@H](C)n1cccn1. The van der Waals surface area contributed by atoms with Crippen LogP contribution in [0.2, 0.25) is 0 Å². The van der Waals surface area contributed by atoms with Gasteiger partial charge in [0.1, 0.15) is 5.75 Å². The van der Waals surface area contributed by atoms with E-state index in [1.807, 2.05) is 43.5 Å². The number of amides is 1. The summed E-state index contributed by atoms with van der Waals surface area (Å²) < 4.78 is 6.96. The Balaban J connectivity index is 1.98. The molecule has 5 nitrogen and oxygen atoms in total. The molecule has 2 aromatic rings. The topological polar surface area (TPSA) is 56.1 Å². The Morgan fingerprint density at radius 3 is 2.89 bits per heavy atom. The van der Waals surface area contributed by atoms with Crippen molar-refractivity contribution in [2.75, 3.05) is 12.4 Å². The minimum Gasteiger partial charge on any atom is -0.495 e. The van der Waals surface area contributed by atoms with Crippen molar-refractivity contribution in [2.45, 2.75) is 19.4 Å². The molecule has 1 aromatic carbocycles. The van der Waals surface area contributed by atoms with Crippen LogP contribution in [0.15, 0.2) is 42.7 Å². The van der Waals surface area contributed by atoms with Crippen LogP contribution in [0, 0.1) is 0 Å². The molecule has 0 saturated carbocycles. The van der Waals surface area contributed by atoms with Crippen molar-refractivity contribution in [3.05, 3.63) is 42.7 Å². The van der Waals surface area contributed by atoms with Crippen LogP contribution >= 0.6 is 0 Å². The third-order valence-electron chi connectivity index (χ3n) is 2.84. The molecule has 1 heterocycles. The number of methoxy groups -OCH3 is 1. The van der Waals surface area contributed by atoms with E-state index in [0.717, 1.165) is 0 Å². The van der Waals surface area contributed by atoms with Crippen LogP contribution in [0.25, 0.3) is 0 Å². The number of ether oxygens (including phenoxy) is 1. The maximum atomic E-state index is 12.0. The lowest BCUT2D eigenvalue weighted by Gasteiger charge is -2.13. The average molecular weight is 259 g/mol. The summed E-state index contributed by atoms with van der Waals surface area (Å²) in [4.78, 5) is 12.0. The van der Waals surface area contributed by atoms with Crippen molar-refractivity contribution in [3.63, 3.8) is 0 Å². The van der Waals surface area contributed by atoms with E-state index in [0.29, 0.717) is 17.9 Å². The molecule has 0 spiro atoms. The summed E-state index contributed by atoms with van der Waals surface area (Å²) in [5.41, 5.74) is 0.683. The zero-order valence-corrected chi connectivity index (χ0v) is 11.0. The molecular formula is C14H17N3O2. The summed E-state index contributed by atoms with van der Waals surface area (Å²) in [6.07, 6.45) is 3.91. The first kappa shape index (κ1) is 13.1. The summed E-state index contributed by atoms with van der Waals surface area (Å²) in [6, 6.07) is 9.21. The molecule has 0 aliphatic heterocycles. The van der Waals surface area contributed by atoms with E-state index in [1.165, 1.54) is 0 Å². The third kappa shape index (κ3) is 3.34. The van der Waals surface area contributed by atoms with Gasteiger partial charge in [-0.2, -0.15) is 5.10 Å². The maximum Gasteiger partial charge on any atom is 0.226 e. The van der Waals surface area contributed by atoms with Gasteiger partial charge in [-0.25, -0.2) is 0 Å². The van der Waals surface area contributed by atoms with Gasteiger partial charge in [-0.1, -0.05) is 12.1 Å². The standard InChI is InChI=1S/C14H17N3O2/c1-11(17-9-5-8-15-17)10-14(18)16-12-6-3-4-7-13(12)19-2/h3-9,11H,10H2,1-2H3,(H,16,18)/t11-/m1/s1. The van der Waals surface area contributed by atoms with Crippen LogP contribution < -0.4 is 10.1 Å². The Bertz CT molecular complexity index is 537. The van der Waals surface area contributed by atoms with E-state index >= 15 is 0 Å². The molecular weight excluding hydrogens is 242 g/mol. The second-order valence-electron chi connectivity index (χ2n) is 4.29. The zero-order chi connectivity index (χ0) is 13.7.